The highest BCUT2D eigenvalue weighted by Crippen LogP contribution is 2.08. The Balaban J connectivity index is 1.55. The fourth-order valence-corrected chi connectivity index (χ4v) is 2.06. The minimum Gasteiger partial charge on any atom is -0.311 e. The van der Waals surface area contributed by atoms with Gasteiger partial charge in [0.25, 0.3) is 0 Å². The van der Waals surface area contributed by atoms with Gasteiger partial charge in [-0.05, 0) is 24.3 Å². The summed E-state index contributed by atoms with van der Waals surface area (Å²) in [4.78, 5) is 13.3. The van der Waals surface area contributed by atoms with E-state index in [2.05, 4.69) is 20.3 Å². The molecular weight excluding hydrogens is 248 g/mol. The van der Waals surface area contributed by atoms with E-state index >= 15 is 0 Å². The van der Waals surface area contributed by atoms with E-state index in [1.54, 1.807) is 0 Å². The summed E-state index contributed by atoms with van der Waals surface area (Å²) in [6.45, 7) is 1.61. The second-order valence-corrected chi connectivity index (χ2v) is 4.60. The first-order valence-electron chi connectivity index (χ1n) is 6.73. The lowest BCUT2D eigenvalue weighted by Crippen LogP contribution is -2.18. The Kier molecular flexibility index (Phi) is 3.94. The van der Waals surface area contributed by atoms with E-state index in [1.165, 1.54) is 0 Å². The number of nitrogens with zero attached hydrogens (tertiary/aromatic N) is 3. The van der Waals surface area contributed by atoms with Crippen molar-refractivity contribution in [1.29, 1.82) is 0 Å². The average molecular weight is 264 g/mol. The second-order valence-electron chi connectivity index (χ2n) is 4.60. The van der Waals surface area contributed by atoms with Gasteiger partial charge in [-0.3, -0.25) is 9.97 Å². The van der Waals surface area contributed by atoms with Crippen LogP contribution in [-0.2, 0) is 13.0 Å². The van der Waals surface area contributed by atoms with Crippen molar-refractivity contribution in [3.63, 3.8) is 0 Å². The first-order valence-corrected chi connectivity index (χ1v) is 6.73. The molecule has 0 fully saturated rings. The number of aromatic nitrogens is 3. The Morgan fingerprint density at radius 2 is 1.70 bits per heavy atom. The molecule has 0 saturated carbocycles. The molecule has 0 bridgehead atoms. The molecule has 0 saturated heterocycles. The molecule has 0 amide bonds. The first kappa shape index (κ1) is 12.7. The maximum atomic E-state index is 4.58. The number of rotatable bonds is 5. The van der Waals surface area contributed by atoms with E-state index in [0.29, 0.717) is 0 Å². The fraction of sp³-hybridized carbons (Fsp3) is 0.188. The molecule has 0 unspecified atom stereocenters. The summed E-state index contributed by atoms with van der Waals surface area (Å²) < 4.78 is 0. The van der Waals surface area contributed by atoms with Crippen LogP contribution in [0.3, 0.4) is 0 Å². The van der Waals surface area contributed by atoms with E-state index in [-0.39, 0.29) is 0 Å². The van der Waals surface area contributed by atoms with Crippen LogP contribution in [-0.4, -0.2) is 21.5 Å². The fourth-order valence-electron chi connectivity index (χ4n) is 2.06. The lowest BCUT2D eigenvalue weighted by Gasteiger charge is -2.05. The Morgan fingerprint density at radius 1 is 0.850 bits per heavy atom. The Morgan fingerprint density at radius 3 is 2.55 bits per heavy atom. The maximum Gasteiger partial charge on any atom is 0.0890 e. The summed E-state index contributed by atoms with van der Waals surface area (Å²) in [6.07, 6.45) is 4.57. The molecule has 1 N–H and O–H groups in total. The largest absolute Gasteiger partial charge is 0.311 e. The molecule has 4 heteroatoms. The van der Waals surface area contributed by atoms with Crippen molar-refractivity contribution in [3.8, 4) is 0 Å². The van der Waals surface area contributed by atoms with Gasteiger partial charge in [0.15, 0.2) is 0 Å². The smallest absolute Gasteiger partial charge is 0.0890 e. The van der Waals surface area contributed by atoms with Crippen LogP contribution >= 0.6 is 0 Å². The molecule has 0 radical (unpaired) electrons. The molecule has 0 spiro atoms. The van der Waals surface area contributed by atoms with Crippen molar-refractivity contribution in [2.24, 2.45) is 0 Å². The van der Waals surface area contributed by atoms with Gasteiger partial charge in [-0.25, -0.2) is 4.98 Å². The van der Waals surface area contributed by atoms with Gasteiger partial charge >= 0.3 is 0 Å². The van der Waals surface area contributed by atoms with Gasteiger partial charge in [-0.15, -0.1) is 0 Å². The van der Waals surface area contributed by atoms with Crippen molar-refractivity contribution >= 4 is 11.0 Å². The molecular formula is C16H16N4. The third-order valence-electron chi connectivity index (χ3n) is 3.09. The third kappa shape index (κ3) is 3.16. The minimum atomic E-state index is 0.727. The van der Waals surface area contributed by atoms with Crippen LogP contribution in [0.15, 0.2) is 54.9 Å². The molecule has 100 valence electrons. The van der Waals surface area contributed by atoms with Crippen molar-refractivity contribution in [2.75, 3.05) is 6.54 Å². The van der Waals surface area contributed by atoms with Crippen LogP contribution in [0.4, 0.5) is 0 Å². The van der Waals surface area contributed by atoms with Gasteiger partial charge in [0, 0.05) is 31.4 Å². The first-order chi connectivity index (χ1) is 9.92. The van der Waals surface area contributed by atoms with Crippen LogP contribution in [0, 0.1) is 0 Å². The van der Waals surface area contributed by atoms with Crippen molar-refractivity contribution < 1.29 is 0 Å². The number of hydrogen-bond acceptors (Lipinski definition) is 4. The quantitative estimate of drug-likeness (QED) is 0.719. The number of pyridine rings is 1. The highest BCUT2D eigenvalue weighted by molar-refractivity contribution is 5.73. The van der Waals surface area contributed by atoms with Gasteiger partial charge in [0.1, 0.15) is 0 Å². The highest BCUT2D eigenvalue weighted by Gasteiger charge is 1.99. The molecule has 0 aliphatic carbocycles. The van der Waals surface area contributed by atoms with Crippen molar-refractivity contribution in [2.45, 2.75) is 13.0 Å². The summed E-state index contributed by atoms with van der Waals surface area (Å²) in [6, 6.07) is 13.9. The number of nitrogens with one attached hydrogen (secondary N) is 1. The Bertz CT molecular complexity index is 682. The standard InChI is InChI=1S/C16H16N4/c1-2-7-16-15(6-1)19-12-14(20-16)11-17-10-8-13-5-3-4-9-18-13/h1-7,9,12,17H,8,10-11H2. The average Bonchev–Trinajstić information content (AvgIpc) is 2.52. The van der Waals surface area contributed by atoms with Gasteiger partial charge < -0.3 is 5.32 Å². The van der Waals surface area contributed by atoms with Crippen LogP contribution in [0.25, 0.3) is 11.0 Å². The zero-order valence-electron chi connectivity index (χ0n) is 11.2. The lowest BCUT2D eigenvalue weighted by atomic mass is 10.2. The summed E-state index contributed by atoms with van der Waals surface area (Å²) >= 11 is 0. The number of benzene rings is 1. The highest BCUT2D eigenvalue weighted by atomic mass is 14.9. The van der Waals surface area contributed by atoms with Crippen LogP contribution < -0.4 is 5.32 Å². The molecule has 0 aliphatic heterocycles. The summed E-state index contributed by atoms with van der Waals surface area (Å²) in [5.41, 5.74) is 3.94. The molecule has 0 atom stereocenters. The lowest BCUT2D eigenvalue weighted by molar-refractivity contribution is 0.668. The summed E-state index contributed by atoms with van der Waals surface area (Å²) in [7, 11) is 0. The van der Waals surface area contributed by atoms with Gasteiger partial charge in [-0.2, -0.15) is 0 Å². The molecule has 20 heavy (non-hydrogen) atoms. The zero-order valence-corrected chi connectivity index (χ0v) is 11.2. The predicted octanol–water partition coefficient (Wildman–Crippen LogP) is 2.36. The molecule has 3 aromatic rings. The summed E-state index contributed by atoms with van der Waals surface area (Å²) in [5.74, 6) is 0. The maximum absolute atomic E-state index is 4.58. The summed E-state index contributed by atoms with van der Waals surface area (Å²) in [5, 5.41) is 3.37. The molecule has 0 aliphatic rings. The van der Waals surface area contributed by atoms with Crippen molar-refractivity contribution in [3.05, 3.63) is 66.2 Å². The normalized spacial score (nSPS) is 10.8. The number of para-hydroxylation sites is 2. The second kappa shape index (κ2) is 6.21. The third-order valence-corrected chi connectivity index (χ3v) is 3.09. The van der Waals surface area contributed by atoms with Crippen LogP contribution in [0.2, 0.25) is 0 Å². The van der Waals surface area contributed by atoms with Gasteiger partial charge in [0.2, 0.25) is 0 Å². The van der Waals surface area contributed by atoms with Crippen LogP contribution in [0.1, 0.15) is 11.4 Å². The van der Waals surface area contributed by atoms with Gasteiger partial charge in [0.05, 0.1) is 22.9 Å². The molecule has 3 rings (SSSR count). The van der Waals surface area contributed by atoms with E-state index < -0.39 is 0 Å². The number of hydrogen-bond donors (Lipinski definition) is 1. The van der Waals surface area contributed by atoms with E-state index in [1.807, 2.05) is 54.9 Å². The molecule has 4 nitrogen and oxygen atoms in total. The Hall–Kier alpha value is -2.33. The van der Waals surface area contributed by atoms with E-state index in [4.69, 9.17) is 0 Å². The monoisotopic (exact) mass is 264 g/mol. The molecule has 2 heterocycles. The molecule has 2 aromatic heterocycles. The van der Waals surface area contributed by atoms with Crippen molar-refractivity contribution in [1.82, 2.24) is 20.3 Å². The zero-order chi connectivity index (χ0) is 13.6. The van der Waals surface area contributed by atoms with E-state index in [9.17, 15) is 0 Å². The van der Waals surface area contributed by atoms with Gasteiger partial charge in [-0.1, -0.05) is 18.2 Å². The van der Waals surface area contributed by atoms with E-state index in [0.717, 1.165) is 41.9 Å². The minimum absolute atomic E-state index is 0.727. The SMILES string of the molecule is c1ccc(CCNCc2cnc3ccccc3n2)nc1. The number of fused-ring (bicyclic) bond motifs is 1. The van der Waals surface area contributed by atoms with Crippen LogP contribution in [0.5, 0.6) is 0 Å². The molecule has 1 aromatic carbocycles. The predicted molar refractivity (Wildman–Crippen MR) is 79.2 cm³/mol. The topological polar surface area (TPSA) is 50.7 Å². The Labute approximate surface area is 117 Å².